The summed E-state index contributed by atoms with van der Waals surface area (Å²) in [5, 5.41) is 5.33. The molecule has 0 saturated heterocycles. The lowest BCUT2D eigenvalue weighted by Crippen LogP contribution is -2.05. The second-order valence-corrected chi connectivity index (χ2v) is 4.71. The number of aryl methyl sites for hydroxylation is 1. The highest BCUT2D eigenvalue weighted by atomic mass is 32.2. The maximum atomic E-state index is 11.1. The summed E-state index contributed by atoms with van der Waals surface area (Å²) in [5.41, 5.74) is 3.90. The van der Waals surface area contributed by atoms with Crippen LogP contribution < -0.4 is 5.14 Å². The van der Waals surface area contributed by atoms with E-state index >= 15 is 0 Å². The van der Waals surface area contributed by atoms with E-state index in [0.717, 1.165) is 17.7 Å². The first kappa shape index (κ1) is 9.62. The Kier molecular flexibility index (Phi) is 2.52. The Morgan fingerprint density at radius 3 is 2.86 bits per heavy atom. The Hall–Kier alpha value is -0.930. The topological polar surface area (TPSA) is 43.1 Å². The lowest BCUT2D eigenvalue weighted by Gasteiger charge is -2.14. The minimum atomic E-state index is -1.36. The molecule has 0 aliphatic heterocycles. The molecule has 2 rings (SSSR count). The van der Waals surface area contributed by atoms with Crippen molar-refractivity contribution < 1.29 is 4.21 Å². The van der Waals surface area contributed by atoms with Gasteiger partial charge in [-0.1, -0.05) is 17.7 Å². The van der Waals surface area contributed by atoms with E-state index in [1.54, 1.807) is 0 Å². The van der Waals surface area contributed by atoms with Crippen molar-refractivity contribution in [2.45, 2.75) is 24.7 Å². The third kappa shape index (κ3) is 1.79. The van der Waals surface area contributed by atoms with Crippen molar-refractivity contribution in [1.82, 2.24) is 0 Å². The van der Waals surface area contributed by atoms with Crippen molar-refractivity contribution in [2.75, 3.05) is 0 Å². The summed E-state index contributed by atoms with van der Waals surface area (Å²) in [6.45, 7) is 2.14. The number of nitrogens with two attached hydrogens (primary N) is 1. The standard InChI is InChI=1S/C11H13NOS/c1-8-2-3-10-7-11(14(12)13)5-4-9(10)6-8/h4-7H,2-3,12H2,1H3. The Morgan fingerprint density at radius 1 is 1.36 bits per heavy atom. The Balaban J connectivity index is 2.47. The molecule has 2 nitrogen and oxygen atoms in total. The van der Waals surface area contributed by atoms with Crippen LogP contribution in [0.15, 0.2) is 28.7 Å². The van der Waals surface area contributed by atoms with E-state index in [4.69, 9.17) is 5.14 Å². The summed E-state index contributed by atoms with van der Waals surface area (Å²) < 4.78 is 11.1. The summed E-state index contributed by atoms with van der Waals surface area (Å²) in [4.78, 5) is 0.719. The normalized spacial score (nSPS) is 17.1. The number of hydrogen-bond donors (Lipinski definition) is 1. The average molecular weight is 207 g/mol. The second kappa shape index (κ2) is 3.67. The molecule has 74 valence electrons. The van der Waals surface area contributed by atoms with Crippen LogP contribution in [0.5, 0.6) is 0 Å². The minimum absolute atomic E-state index is 0.719. The van der Waals surface area contributed by atoms with Crippen LogP contribution in [0.2, 0.25) is 0 Å². The van der Waals surface area contributed by atoms with E-state index in [1.165, 1.54) is 16.7 Å². The number of rotatable bonds is 1. The molecule has 2 N–H and O–H groups in total. The molecule has 1 aliphatic carbocycles. The SMILES string of the molecule is CC1=Cc2ccc(S(N)=O)cc2CC1. The molecule has 3 heteroatoms. The van der Waals surface area contributed by atoms with Gasteiger partial charge in [-0.15, -0.1) is 0 Å². The van der Waals surface area contributed by atoms with Gasteiger partial charge in [0.05, 0.1) is 4.90 Å². The summed E-state index contributed by atoms with van der Waals surface area (Å²) in [7, 11) is -1.36. The van der Waals surface area contributed by atoms with Gasteiger partial charge in [0.2, 0.25) is 0 Å². The van der Waals surface area contributed by atoms with Gasteiger partial charge in [-0.3, -0.25) is 0 Å². The fourth-order valence-electron chi connectivity index (χ4n) is 1.73. The lowest BCUT2D eigenvalue weighted by atomic mass is 9.93. The third-order valence-electron chi connectivity index (χ3n) is 2.54. The minimum Gasteiger partial charge on any atom is -0.248 e. The number of hydrogen-bond acceptors (Lipinski definition) is 1. The molecule has 0 radical (unpaired) electrons. The molecule has 14 heavy (non-hydrogen) atoms. The lowest BCUT2D eigenvalue weighted by molar-refractivity contribution is 0.684. The average Bonchev–Trinajstić information content (AvgIpc) is 2.16. The molecule has 1 aliphatic rings. The van der Waals surface area contributed by atoms with Crippen LogP contribution in [0.3, 0.4) is 0 Å². The van der Waals surface area contributed by atoms with Crippen molar-refractivity contribution in [1.29, 1.82) is 0 Å². The molecular formula is C11H13NOS. The highest BCUT2D eigenvalue weighted by Crippen LogP contribution is 2.24. The van der Waals surface area contributed by atoms with Crippen molar-refractivity contribution in [3.05, 3.63) is 34.9 Å². The first-order valence-electron chi connectivity index (χ1n) is 4.63. The Morgan fingerprint density at radius 2 is 2.14 bits per heavy atom. The van der Waals surface area contributed by atoms with Gasteiger partial charge >= 0.3 is 0 Å². The van der Waals surface area contributed by atoms with Gasteiger partial charge in [-0.25, -0.2) is 9.35 Å². The number of allylic oxidation sites excluding steroid dienone is 1. The summed E-state index contributed by atoms with van der Waals surface area (Å²) in [5.74, 6) is 0. The largest absolute Gasteiger partial charge is 0.248 e. The molecular weight excluding hydrogens is 194 g/mol. The zero-order valence-corrected chi connectivity index (χ0v) is 8.93. The molecule has 0 heterocycles. The van der Waals surface area contributed by atoms with Crippen LogP contribution in [0.25, 0.3) is 6.08 Å². The van der Waals surface area contributed by atoms with E-state index in [1.807, 2.05) is 18.2 Å². The summed E-state index contributed by atoms with van der Waals surface area (Å²) in [6, 6.07) is 5.79. The molecule has 1 atom stereocenters. The fourth-order valence-corrected chi connectivity index (χ4v) is 2.19. The highest BCUT2D eigenvalue weighted by Gasteiger charge is 2.09. The molecule has 1 unspecified atom stereocenters. The van der Waals surface area contributed by atoms with Gasteiger partial charge in [0.15, 0.2) is 0 Å². The van der Waals surface area contributed by atoms with E-state index < -0.39 is 11.0 Å². The van der Waals surface area contributed by atoms with Crippen molar-refractivity contribution in [2.24, 2.45) is 5.14 Å². The first-order chi connectivity index (χ1) is 6.66. The number of benzene rings is 1. The zero-order valence-electron chi connectivity index (χ0n) is 8.12. The van der Waals surface area contributed by atoms with E-state index in [9.17, 15) is 4.21 Å². The predicted molar refractivity (Wildman–Crippen MR) is 59.0 cm³/mol. The highest BCUT2D eigenvalue weighted by molar-refractivity contribution is 7.82. The zero-order chi connectivity index (χ0) is 10.1. The molecule has 0 amide bonds. The quantitative estimate of drug-likeness (QED) is 0.752. The van der Waals surface area contributed by atoms with Crippen LogP contribution in [0.4, 0.5) is 0 Å². The van der Waals surface area contributed by atoms with Crippen LogP contribution in [-0.2, 0) is 17.4 Å². The van der Waals surface area contributed by atoms with Gasteiger partial charge in [0, 0.05) is 0 Å². The first-order valence-corrected chi connectivity index (χ1v) is 5.84. The molecule has 1 aromatic carbocycles. The van der Waals surface area contributed by atoms with Crippen LogP contribution >= 0.6 is 0 Å². The summed E-state index contributed by atoms with van der Waals surface area (Å²) >= 11 is 0. The maximum absolute atomic E-state index is 11.1. The van der Waals surface area contributed by atoms with Gasteiger partial charge in [0.1, 0.15) is 11.0 Å². The van der Waals surface area contributed by atoms with Gasteiger partial charge in [-0.05, 0) is 43.0 Å². The maximum Gasteiger partial charge on any atom is 0.122 e. The molecule has 0 bridgehead atoms. The smallest absolute Gasteiger partial charge is 0.122 e. The summed E-state index contributed by atoms with van der Waals surface area (Å²) in [6.07, 6.45) is 4.30. The fraction of sp³-hybridized carbons (Fsp3) is 0.273. The molecule has 0 aromatic heterocycles. The van der Waals surface area contributed by atoms with E-state index in [0.29, 0.717) is 0 Å². The molecule has 0 saturated carbocycles. The third-order valence-corrected chi connectivity index (χ3v) is 3.26. The van der Waals surface area contributed by atoms with Crippen LogP contribution in [-0.4, -0.2) is 4.21 Å². The van der Waals surface area contributed by atoms with Gasteiger partial charge in [0.25, 0.3) is 0 Å². The van der Waals surface area contributed by atoms with Crippen molar-refractivity contribution >= 4 is 17.1 Å². The van der Waals surface area contributed by atoms with Crippen LogP contribution in [0.1, 0.15) is 24.5 Å². The molecule has 0 spiro atoms. The van der Waals surface area contributed by atoms with Crippen molar-refractivity contribution in [3.8, 4) is 0 Å². The number of fused-ring (bicyclic) bond motifs is 1. The van der Waals surface area contributed by atoms with Gasteiger partial charge < -0.3 is 0 Å². The van der Waals surface area contributed by atoms with E-state index in [2.05, 4.69) is 13.0 Å². The Bertz CT molecular complexity index is 423. The van der Waals surface area contributed by atoms with Gasteiger partial charge in [-0.2, -0.15) is 0 Å². The Labute approximate surface area is 86.4 Å². The van der Waals surface area contributed by atoms with Crippen LogP contribution in [0, 0.1) is 0 Å². The predicted octanol–water partition coefficient (Wildman–Crippen LogP) is 2.02. The van der Waals surface area contributed by atoms with E-state index in [-0.39, 0.29) is 0 Å². The molecule has 1 aromatic rings. The second-order valence-electron chi connectivity index (χ2n) is 3.65. The van der Waals surface area contributed by atoms with Crippen molar-refractivity contribution in [3.63, 3.8) is 0 Å². The molecule has 0 fully saturated rings. The monoisotopic (exact) mass is 207 g/mol.